The Bertz CT molecular complexity index is 489. The molecule has 19 heavy (non-hydrogen) atoms. The molecule has 0 bridgehead atoms. The van der Waals surface area contributed by atoms with Gasteiger partial charge in [-0.1, -0.05) is 12.1 Å². The number of methoxy groups -OCH3 is 1. The van der Waals surface area contributed by atoms with Gasteiger partial charge >= 0.3 is 11.9 Å². The predicted molar refractivity (Wildman–Crippen MR) is 64.7 cm³/mol. The smallest absolute Gasteiger partial charge is 0.318 e. The predicted octanol–water partition coefficient (Wildman–Crippen LogP) is 1.48. The van der Waals surface area contributed by atoms with Crippen LogP contribution in [0.2, 0.25) is 0 Å². The van der Waals surface area contributed by atoms with Gasteiger partial charge in [0.05, 0.1) is 13.2 Å². The molecule has 1 atom stereocenters. The van der Waals surface area contributed by atoms with E-state index in [1.54, 1.807) is 24.3 Å². The number of carboxylic acid groups (broad SMARTS) is 2. The standard InChI is InChI=1S/C13H13NO5/c1-19-9-4-2-8(3-5-9)10(6-7-14)11(12(15)16)13(17)18/h2-5,10-11H,6H2,1H3,(H,15,16)(H,17,18). The lowest BCUT2D eigenvalue weighted by Crippen LogP contribution is -2.29. The molecule has 0 aliphatic rings. The van der Waals surface area contributed by atoms with Gasteiger partial charge in [-0.05, 0) is 17.7 Å². The van der Waals surface area contributed by atoms with Gasteiger partial charge in [0, 0.05) is 12.3 Å². The largest absolute Gasteiger partial charge is 0.497 e. The molecule has 1 rings (SSSR count). The zero-order chi connectivity index (χ0) is 14.4. The normalized spacial score (nSPS) is 11.6. The molecule has 1 unspecified atom stereocenters. The molecular weight excluding hydrogens is 250 g/mol. The molecule has 0 radical (unpaired) electrons. The molecule has 0 saturated heterocycles. The topological polar surface area (TPSA) is 108 Å². The molecule has 6 nitrogen and oxygen atoms in total. The van der Waals surface area contributed by atoms with Crippen molar-refractivity contribution >= 4 is 11.9 Å². The first-order valence-electron chi connectivity index (χ1n) is 5.47. The van der Waals surface area contributed by atoms with Crippen LogP contribution in [0.25, 0.3) is 0 Å². The zero-order valence-electron chi connectivity index (χ0n) is 10.2. The number of nitrogens with zero attached hydrogens (tertiary/aromatic N) is 1. The van der Waals surface area contributed by atoms with Crippen LogP contribution in [0.1, 0.15) is 17.9 Å². The summed E-state index contributed by atoms with van der Waals surface area (Å²) in [5.74, 6) is -4.88. The Morgan fingerprint density at radius 1 is 1.26 bits per heavy atom. The van der Waals surface area contributed by atoms with Gasteiger partial charge < -0.3 is 14.9 Å². The Labute approximate surface area is 109 Å². The minimum Gasteiger partial charge on any atom is -0.497 e. The summed E-state index contributed by atoms with van der Waals surface area (Å²) < 4.78 is 4.97. The first-order chi connectivity index (χ1) is 9.01. The van der Waals surface area contributed by atoms with Crippen LogP contribution in [0.5, 0.6) is 5.75 Å². The highest BCUT2D eigenvalue weighted by molar-refractivity contribution is 5.94. The van der Waals surface area contributed by atoms with Gasteiger partial charge in [0.1, 0.15) is 5.75 Å². The van der Waals surface area contributed by atoms with E-state index in [2.05, 4.69) is 0 Å². The fourth-order valence-corrected chi connectivity index (χ4v) is 1.83. The molecule has 0 fully saturated rings. The number of nitriles is 1. The van der Waals surface area contributed by atoms with Gasteiger partial charge in [-0.2, -0.15) is 5.26 Å². The molecule has 1 aromatic rings. The van der Waals surface area contributed by atoms with Crippen molar-refractivity contribution < 1.29 is 24.5 Å². The summed E-state index contributed by atoms with van der Waals surface area (Å²) in [5.41, 5.74) is 0.483. The molecule has 1 aromatic carbocycles. The highest BCUT2D eigenvalue weighted by atomic mass is 16.5. The lowest BCUT2D eigenvalue weighted by molar-refractivity contribution is -0.155. The van der Waals surface area contributed by atoms with Crippen molar-refractivity contribution in [3.63, 3.8) is 0 Å². The van der Waals surface area contributed by atoms with E-state index in [1.165, 1.54) is 7.11 Å². The van der Waals surface area contributed by atoms with E-state index < -0.39 is 23.8 Å². The number of benzene rings is 1. The summed E-state index contributed by atoms with van der Waals surface area (Å²) in [7, 11) is 1.49. The van der Waals surface area contributed by atoms with Crippen LogP contribution < -0.4 is 4.74 Å². The molecule has 2 N–H and O–H groups in total. The van der Waals surface area contributed by atoms with Gasteiger partial charge in [-0.3, -0.25) is 9.59 Å². The molecule has 0 saturated carbocycles. The summed E-state index contributed by atoms with van der Waals surface area (Å²) in [5, 5.41) is 26.7. The number of carboxylic acids is 2. The third-order valence-electron chi connectivity index (χ3n) is 2.79. The Hall–Kier alpha value is -2.55. The third kappa shape index (κ3) is 3.45. The third-order valence-corrected chi connectivity index (χ3v) is 2.79. The molecular formula is C13H13NO5. The quantitative estimate of drug-likeness (QED) is 0.752. The van der Waals surface area contributed by atoms with Crippen LogP contribution in [0, 0.1) is 17.2 Å². The summed E-state index contributed by atoms with van der Waals surface area (Å²) in [6, 6.07) is 8.16. The van der Waals surface area contributed by atoms with Crippen molar-refractivity contribution in [3.8, 4) is 11.8 Å². The Morgan fingerprint density at radius 3 is 2.16 bits per heavy atom. The van der Waals surface area contributed by atoms with Crippen molar-refractivity contribution in [1.29, 1.82) is 5.26 Å². The molecule has 0 amide bonds. The summed E-state index contributed by atoms with van der Waals surface area (Å²) in [6.45, 7) is 0. The van der Waals surface area contributed by atoms with E-state index in [-0.39, 0.29) is 6.42 Å². The summed E-state index contributed by atoms with van der Waals surface area (Å²) in [4.78, 5) is 22.1. The van der Waals surface area contributed by atoms with Crippen LogP contribution in [0.4, 0.5) is 0 Å². The molecule has 100 valence electrons. The molecule has 6 heteroatoms. The number of ether oxygens (including phenoxy) is 1. The number of hydrogen-bond donors (Lipinski definition) is 2. The van der Waals surface area contributed by atoms with Crippen molar-refractivity contribution in [2.24, 2.45) is 5.92 Å². The van der Waals surface area contributed by atoms with Crippen LogP contribution in [0.3, 0.4) is 0 Å². The molecule has 0 aliphatic heterocycles. The minimum atomic E-state index is -1.65. The maximum atomic E-state index is 11.0. The number of carbonyl (C=O) groups is 2. The highest BCUT2D eigenvalue weighted by Crippen LogP contribution is 2.30. The maximum absolute atomic E-state index is 11.0. The van der Waals surface area contributed by atoms with Crippen molar-refractivity contribution in [1.82, 2.24) is 0 Å². The van der Waals surface area contributed by atoms with Gasteiger partial charge in [0.15, 0.2) is 5.92 Å². The average molecular weight is 263 g/mol. The minimum absolute atomic E-state index is 0.185. The fourth-order valence-electron chi connectivity index (χ4n) is 1.83. The maximum Gasteiger partial charge on any atom is 0.318 e. The van der Waals surface area contributed by atoms with E-state index in [9.17, 15) is 9.59 Å². The molecule has 0 aromatic heterocycles. The van der Waals surface area contributed by atoms with Crippen LogP contribution in [-0.2, 0) is 9.59 Å². The van der Waals surface area contributed by atoms with Crippen LogP contribution in [-0.4, -0.2) is 29.3 Å². The Kier molecular flexibility index (Phi) is 4.89. The van der Waals surface area contributed by atoms with E-state index in [4.69, 9.17) is 20.2 Å². The van der Waals surface area contributed by atoms with Gasteiger partial charge in [-0.15, -0.1) is 0 Å². The lowest BCUT2D eigenvalue weighted by Gasteiger charge is -2.18. The van der Waals surface area contributed by atoms with Crippen molar-refractivity contribution in [3.05, 3.63) is 29.8 Å². The van der Waals surface area contributed by atoms with Gasteiger partial charge in [0.2, 0.25) is 0 Å². The second-order valence-corrected chi connectivity index (χ2v) is 3.90. The average Bonchev–Trinajstić information content (AvgIpc) is 2.37. The van der Waals surface area contributed by atoms with Crippen molar-refractivity contribution in [2.45, 2.75) is 12.3 Å². The second kappa shape index (κ2) is 6.40. The number of hydrogen-bond acceptors (Lipinski definition) is 4. The molecule has 0 aliphatic carbocycles. The van der Waals surface area contributed by atoms with E-state index >= 15 is 0 Å². The highest BCUT2D eigenvalue weighted by Gasteiger charge is 2.35. The number of rotatable bonds is 6. The van der Waals surface area contributed by atoms with Gasteiger partial charge in [-0.25, -0.2) is 0 Å². The summed E-state index contributed by atoms with van der Waals surface area (Å²) in [6.07, 6.45) is -0.185. The van der Waals surface area contributed by atoms with Gasteiger partial charge in [0.25, 0.3) is 0 Å². The van der Waals surface area contributed by atoms with E-state index in [0.29, 0.717) is 11.3 Å². The SMILES string of the molecule is COc1ccc(C(CC#N)C(C(=O)O)C(=O)O)cc1. The Morgan fingerprint density at radius 2 is 1.79 bits per heavy atom. The first kappa shape index (κ1) is 14.5. The van der Waals surface area contributed by atoms with E-state index in [1.807, 2.05) is 6.07 Å². The fraction of sp³-hybridized carbons (Fsp3) is 0.308. The zero-order valence-corrected chi connectivity index (χ0v) is 10.2. The molecule has 0 heterocycles. The molecule has 0 spiro atoms. The van der Waals surface area contributed by atoms with Crippen LogP contribution >= 0.6 is 0 Å². The van der Waals surface area contributed by atoms with Crippen molar-refractivity contribution in [2.75, 3.05) is 7.11 Å². The Balaban J connectivity index is 3.14. The van der Waals surface area contributed by atoms with E-state index in [0.717, 1.165) is 0 Å². The second-order valence-electron chi connectivity index (χ2n) is 3.90. The first-order valence-corrected chi connectivity index (χ1v) is 5.47. The monoisotopic (exact) mass is 263 g/mol. The lowest BCUT2D eigenvalue weighted by atomic mass is 9.84. The number of aliphatic carboxylic acids is 2. The summed E-state index contributed by atoms with van der Waals surface area (Å²) >= 11 is 0. The van der Waals surface area contributed by atoms with Crippen LogP contribution in [0.15, 0.2) is 24.3 Å².